The summed E-state index contributed by atoms with van der Waals surface area (Å²) in [6.45, 7) is 0. The van der Waals surface area contributed by atoms with Gasteiger partial charge in [0.15, 0.2) is 0 Å². The molecule has 0 heterocycles. The van der Waals surface area contributed by atoms with Gasteiger partial charge in [-0.05, 0) is 42.5 Å². The van der Waals surface area contributed by atoms with Crippen LogP contribution in [0.15, 0.2) is 21.5 Å². The summed E-state index contributed by atoms with van der Waals surface area (Å²) in [5, 5.41) is 0. The SMILES string of the molecule is O=S(=O)(c1ccc(Br)c2c1CCC2)C(F)(F)F. The Morgan fingerprint density at radius 1 is 1.12 bits per heavy atom. The van der Waals surface area contributed by atoms with Crippen molar-refractivity contribution in [3.8, 4) is 0 Å². The van der Waals surface area contributed by atoms with Crippen molar-refractivity contribution in [2.75, 3.05) is 0 Å². The van der Waals surface area contributed by atoms with Gasteiger partial charge in [-0.25, -0.2) is 8.42 Å². The fourth-order valence-corrected chi connectivity index (χ4v) is 3.62. The number of rotatable bonds is 1. The van der Waals surface area contributed by atoms with Gasteiger partial charge in [0.1, 0.15) is 0 Å². The zero-order valence-electron chi connectivity index (χ0n) is 8.51. The molecular formula is C10H8BrF3O2S. The number of alkyl halides is 3. The Labute approximate surface area is 105 Å². The van der Waals surface area contributed by atoms with E-state index in [1.807, 2.05) is 0 Å². The number of benzene rings is 1. The van der Waals surface area contributed by atoms with E-state index in [2.05, 4.69) is 15.9 Å². The summed E-state index contributed by atoms with van der Waals surface area (Å²) in [6, 6.07) is 2.39. The number of hydrogen-bond donors (Lipinski definition) is 0. The van der Waals surface area contributed by atoms with Crippen molar-refractivity contribution >= 4 is 25.8 Å². The highest BCUT2D eigenvalue weighted by Gasteiger charge is 2.48. The summed E-state index contributed by atoms with van der Waals surface area (Å²) in [4.78, 5) is -0.597. The van der Waals surface area contributed by atoms with E-state index in [0.717, 1.165) is 6.07 Å². The first kappa shape index (κ1) is 12.9. The molecule has 7 heteroatoms. The van der Waals surface area contributed by atoms with Crippen LogP contribution >= 0.6 is 15.9 Å². The molecule has 0 radical (unpaired) electrons. The minimum absolute atomic E-state index is 0.302. The van der Waals surface area contributed by atoms with Crippen LogP contribution in [-0.2, 0) is 22.7 Å². The van der Waals surface area contributed by atoms with Crippen molar-refractivity contribution in [2.24, 2.45) is 0 Å². The number of hydrogen-bond acceptors (Lipinski definition) is 2. The second kappa shape index (κ2) is 3.98. The third kappa shape index (κ3) is 1.99. The zero-order chi connectivity index (χ0) is 12.8. The Morgan fingerprint density at radius 2 is 1.71 bits per heavy atom. The summed E-state index contributed by atoms with van der Waals surface area (Å²) < 4.78 is 60.9. The lowest BCUT2D eigenvalue weighted by atomic mass is 10.1. The van der Waals surface area contributed by atoms with Crippen molar-refractivity contribution in [3.63, 3.8) is 0 Å². The Hall–Kier alpha value is -0.560. The van der Waals surface area contributed by atoms with Crippen LogP contribution in [0.25, 0.3) is 0 Å². The maximum absolute atomic E-state index is 12.5. The molecule has 94 valence electrons. The maximum Gasteiger partial charge on any atom is 0.501 e. The molecule has 1 aliphatic carbocycles. The normalized spacial score (nSPS) is 16.0. The molecule has 0 saturated carbocycles. The van der Waals surface area contributed by atoms with Crippen LogP contribution in [-0.4, -0.2) is 13.9 Å². The van der Waals surface area contributed by atoms with Crippen molar-refractivity contribution < 1.29 is 21.6 Å². The van der Waals surface area contributed by atoms with Crippen molar-refractivity contribution in [3.05, 3.63) is 27.7 Å². The highest BCUT2D eigenvalue weighted by Crippen LogP contribution is 2.38. The standard InChI is InChI=1S/C10H8BrF3O2S/c11-8-4-5-9(7-3-1-2-6(7)8)17(15,16)10(12,13)14/h4-5H,1-3H2. The molecule has 0 amide bonds. The third-order valence-electron chi connectivity index (χ3n) is 2.78. The molecule has 0 spiro atoms. The fourth-order valence-electron chi connectivity index (χ4n) is 2.01. The molecule has 1 aliphatic rings. The minimum Gasteiger partial charge on any atom is -0.214 e. The first-order valence-corrected chi connectivity index (χ1v) is 7.14. The van der Waals surface area contributed by atoms with Gasteiger partial charge < -0.3 is 0 Å². The van der Waals surface area contributed by atoms with Crippen LogP contribution in [0, 0.1) is 0 Å². The van der Waals surface area contributed by atoms with Gasteiger partial charge in [-0.15, -0.1) is 0 Å². The molecule has 0 atom stereocenters. The van der Waals surface area contributed by atoms with Gasteiger partial charge in [-0.1, -0.05) is 15.9 Å². The van der Waals surface area contributed by atoms with E-state index in [4.69, 9.17) is 0 Å². The number of halogens is 4. The summed E-state index contributed by atoms with van der Waals surface area (Å²) in [5.74, 6) is 0. The van der Waals surface area contributed by atoms with Crippen LogP contribution in [0.2, 0.25) is 0 Å². The summed E-state index contributed by atoms with van der Waals surface area (Å²) >= 11 is 3.22. The fraction of sp³-hybridized carbons (Fsp3) is 0.400. The first-order valence-electron chi connectivity index (χ1n) is 4.87. The van der Waals surface area contributed by atoms with Crippen molar-refractivity contribution in [1.29, 1.82) is 0 Å². The Morgan fingerprint density at radius 3 is 2.29 bits per heavy atom. The van der Waals surface area contributed by atoms with Gasteiger partial charge in [-0.2, -0.15) is 13.2 Å². The predicted octanol–water partition coefficient (Wildman–Crippen LogP) is 3.23. The van der Waals surface area contributed by atoms with E-state index in [-0.39, 0.29) is 0 Å². The minimum atomic E-state index is -5.24. The number of fused-ring (bicyclic) bond motifs is 1. The highest BCUT2D eigenvalue weighted by molar-refractivity contribution is 9.10. The van der Waals surface area contributed by atoms with E-state index in [0.29, 0.717) is 34.9 Å². The molecule has 2 rings (SSSR count). The molecule has 1 aromatic rings. The van der Waals surface area contributed by atoms with Gasteiger partial charge in [0.05, 0.1) is 4.90 Å². The molecular weight excluding hydrogens is 321 g/mol. The molecule has 0 N–H and O–H groups in total. The van der Waals surface area contributed by atoms with Crippen molar-refractivity contribution in [2.45, 2.75) is 29.7 Å². The molecule has 0 aliphatic heterocycles. The zero-order valence-corrected chi connectivity index (χ0v) is 10.9. The molecule has 0 saturated heterocycles. The molecule has 2 nitrogen and oxygen atoms in total. The molecule has 0 fully saturated rings. The van der Waals surface area contributed by atoms with Crippen molar-refractivity contribution in [1.82, 2.24) is 0 Å². The van der Waals surface area contributed by atoms with E-state index in [1.165, 1.54) is 6.07 Å². The Balaban J connectivity index is 2.68. The molecule has 1 aromatic carbocycles. The Kier molecular flexibility index (Phi) is 3.02. The van der Waals surface area contributed by atoms with Gasteiger partial charge in [0, 0.05) is 4.47 Å². The smallest absolute Gasteiger partial charge is 0.214 e. The van der Waals surface area contributed by atoms with Crippen LogP contribution < -0.4 is 0 Å². The van der Waals surface area contributed by atoms with Gasteiger partial charge in [0.25, 0.3) is 9.84 Å². The van der Waals surface area contributed by atoms with Gasteiger partial charge in [-0.3, -0.25) is 0 Å². The van der Waals surface area contributed by atoms with Crippen LogP contribution in [0.3, 0.4) is 0 Å². The maximum atomic E-state index is 12.5. The van der Waals surface area contributed by atoms with Gasteiger partial charge >= 0.3 is 5.51 Å². The molecule has 0 bridgehead atoms. The van der Waals surface area contributed by atoms with E-state index >= 15 is 0 Å². The summed E-state index contributed by atoms with van der Waals surface area (Å²) in [6.07, 6.45) is 1.66. The van der Waals surface area contributed by atoms with Gasteiger partial charge in [0.2, 0.25) is 0 Å². The van der Waals surface area contributed by atoms with E-state index < -0.39 is 20.2 Å². The largest absolute Gasteiger partial charge is 0.501 e. The summed E-state index contributed by atoms with van der Waals surface area (Å²) in [7, 11) is -5.24. The molecule has 0 unspecified atom stereocenters. The molecule has 0 aromatic heterocycles. The molecule has 17 heavy (non-hydrogen) atoms. The average molecular weight is 329 g/mol. The van der Waals surface area contributed by atoms with E-state index in [9.17, 15) is 21.6 Å². The van der Waals surface area contributed by atoms with Crippen LogP contribution in [0.4, 0.5) is 13.2 Å². The third-order valence-corrected chi connectivity index (χ3v) is 5.09. The first-order chi connectivity index (χ1) is 7.75. The topological polar surface area (TPSA) is 34.1 Å². The van der Waals surface area contributed by atoms with E-state index in [1.54, 1.807) is 0 Å². The monoisotopic (exact) mass is 328 g/mol. The van der Waals surface area contributed by atoms with Crippen LogP contribution in [0.5, 0.6) is 0 Å². The average Bonchev–Trinajstić information content (AvgIpc) is 2.65. The quantitative estimate of drug-likeness (QED) is 0.793. The lowest BCUT2D eigenvalue weighted by Crippen LogP contribution is -2.24. The lowest BCUT2D eigenvalue weighted by molar-refractivity contribution is -0.0436. The number of sulfone groups is 1. The summed E-state index contributed by atoms with van der Waals surface area (Å²) in [5.41, 5.74) is -4.26. The Bertz CT molecular complexity index is 564. The predicted molar refractivity (Wildman–Crippen MR) is 59.4 cm³/mol. The lowest BCUT2D eigenvalue weighted by Gasteiger charge is -2.12. The second-order valence-corrected chi connectivity index (χ2v) is 6.57. The second-order valence-electron chi connectivity index (χ2n) is 3.81. The highest BCUT2D eigenvalue weighted by atomic mass is 79.9. The van der Waals surface area contributed by atoms with Crippen LogP contribution in [0.1, 0.15) is 17.5 Å².